The van der Waals surface area contributed by atoms with Gasteiger partial charge in [-0.3, -0.25) is 9.59 Å². The number of carboxylic acids is 1. The average Bonchev–Trinajstić information content (AvgIpc) is 3.04. The maximum absolute atomic E-state index is 12.9. The average molecular weight is 379 g/mol. The van der Waals surface area contributed by atoms with Crippen molar-refractivity contribution in [2.45, 2.75) is 25.9 Å². The highest BCUT2D eigenvalue weighted by atomic mass is 35.5. The van der Waals surface area contributed by atoms with Crippen molar-refractivity contribution in [2.24, 2.45) is 0 Å². The Balaban J connectivity index is 1.85. The number of hydrogen-bond donors (Lipinski definition) is 1. The molecule has 2 heterocycles. The molecule has 0 saturated carbocycles. The largest absolute Gasteiger partial charge is 0.481 e. The van der Waals surface area contributed by atoms with Crippen molar-refractivity contribution in [3.63, 3.8) is 0 Å². The Labute approximate surface area is 155 Å². The molecule has 1 aromatic heterocycles. The van der Waals surface area contributed by atoms with Gasteiger partial charge in [-0.05, 0) is 24.6 Å². The molecule has 26 heavy (non-hydrogen) atoms. The minimum Gasteiger partial charge on any atom is -0.481 e. The Bertz CT molecular complexity index is 823. The molecule has 0 radical (unpaired) electrons. The van der Waals surface area contributed by atoms with Gasteiger partial charge in [0.2, 0.25) is 0 Å². The van der Waals surface area contributed by atoms with E-state index in [1.807, 2.05) is 13.0 Å². The van der Waals surface area contributed by atoms with Crippen LogP contribution in [-0.4, -0.2) is 62.7 Å². The molecule has 1 N–H and O–H groups in total. The fourth-order valence-electron chi connectivity index (χ4n) is 2.97. The number of carboxylic acid groups (broad SMARTS) is 1. The van der Waals surface area contributed by atoms with Gasteiger partial charge in [-0.25, -0.2) is 4.68 Å². The van der Waals surface area contributed by atoms with Gasteiger partial charge in [-0.1, -0.05) is 29.8 Å². The summed E-state index contributed by atoms with van der Waals surface area (Å²) in [6.07, 6.45) is -0.0958. The molecule has 3 rings (SSSR count). The van der Waals surface area contributed by atoms with E-state index in [4.69, 9.17) is 21.4 Å². The number of amides is 1. The molecule has 138 valence electrons. The second-order valence-corrected chi connectivity index (χ2v) is 6.41. The van der Waals surface area contributed by atoms with Gasteiger partial charge in [0.05, 0.1) is 30.5 Å². The van der Waals surface area contributed by atoms with Crippen molar-refractivity contribution in [1.82, 2.24) is 19.9 Å². The minimum absolute atomic E-state index is 0.139. The maximum atomic E-state index is 12.9. The summed E-state index contributed by atoms with van der Waals surface area (Å²) in [7, 11) is 0. The van der Waals surface area contributed by atoms with E-state index in [0.29, 0.717) is 30.3 Å². The number of carbonyl (C=O) groups excluding carboxylic acids is 1. The molecule has 9 heteroatoms. The first-order valence-electron chi connectivity index (χ1n) is 8.32. The van der Waals surface area contributed by atoms with Crippen LogP contribution in [-0.2, 0) is 16.0 Å². The van der Waals surface area contributed by atoms with Crippen molar-refractivity contribution in [3.8, 4) is 5.69 Å². The van der Waals surface area contributed by atoms with E-state index in [-0.39, 0.29) is 24.6 Å². The molecule has 0 bridgehead atoms. The van der Waals surface area contributed by atoms with Gasteiger partial charge >= 0.3 is 5.97 Å². The molecule has 0 aliphatic carbocycles. The lowest BCUT2D eigenvalue weighted by molar-refractivity contribution is -0.141. The minimum atomic E-state index is -0.953. The van der Waals surface area contributed by atoms with Crippen molar-refractivity contribution in [2.75, 3.05) is 19.7 Å². The fourth-order valence-corrected chi connectivity index (χ4v) is 3.16. The third kappa shape index (κ3) is 3.86. The summed E-state index contributed by atoms with van der Waals surface area (Å²) in [5, 5.41) is 17.7. The lowest BCUT2D eigenvalue weighted by Gasteiger charge is -2.32. The quantitative estimate of drug-likeness (QED) is 0.852. The van der Waals surface area contributed by atoms with Gasteiger partial charge in [-0.2, -0.15) is 0 Å². The van der Waals surface area contributed by atoms with Gasteiger partial charge in [0, 0.05) is 18.1 Å². The Morgan fingerprint density at radius 2 is 2.23 bits per heavy atom. The molecule has 2 aromatic rings. The first-order chi connectivity index (χ1) is 12.5. The van der Waals surface area contributed by atoms with Gasteiger partial charge in [0.1, 0.15) is 0 Å². The Morgan fingerprint density at radius 1 is 1.42 bits per heavy atom. The Hall–Kier alpha value is -2.45. The molecule has 1 fully saturated rings. The number of hydrogen-bond acceptors (Lipinski definition) is 5. The van der Waals surface area contributed by atoms with Gasteiger partial charge in [0.25, 0.3) is 5.91 Å². The molecular weight excluding hydrogens is 360 g/mol. The predicted molar refractivity (Wildman–Crippen MR) is 93.6 cm³/mol. The maximum Gasteiger partial charge on any atom is 0.306 e. The second-order valence-electron chi connectivity index (χ2n) is 5.97. The van der Waals surface area contributed by atoms with Crippen molar-refractivity contribution < 1.29 is 19.4 Å². The highest BCUT2D eigenvalue weighted by Crippen LogP contribution is 2.20. The number of ether oxygens (including phenoxy) is 1. The third-order valence-electron chi connectivity index (χ3n) is 4.18. The summed E-state index contributed by atoms with van der Waals surface area (Å²) in [4.78, 5) is 25.4. The molecule has 1 aromatic carbocycles. The van der Waals surface area contributed by atoms with E-state index >= 15 is 0 Å². The first kappa shape index (κ1) is 18.3. The second kappa shape index (κ2) is 7.84. The molecule has 0 unspecified atom stereocenters. The van der Waals surface area contributed by atoms with E-state index in [2.05, 4.69) is 10.3 Å². The smallest absolute Gasteiger partial charge is 0.306 e. The summed E-state index contributed by atoms with van der Waals surface area (Å²) in [6, 6.07) is 7.15. The van der Waals surface area contributed by atoms with Gasteiger partial charge in [0.15, 0.2) is 5.69 Å². The van der Waals surface area contributed by atoms with Crippen LogP contribution in [0.2, 0.25) is 5.02 Å². The van der Waals surface area contributed by atoms with Crippen LogP contribution < -0.4 is 0 Å². The summed E-state index contributed by atoms with van der Waals surface area (Å²) in [6.45, 7) is 2.83. The summed E-state index contributed by atoms with van der Waals surface area (Å²) < 4.78 is 7.02. The van der Waals surface area contributed by atoms with Gasteiger partial charge in [-0.15, -0.1) is 5.10 Å². The predicted octanol–water partition coefficient (Wildman–Crippen LogP) is 1.80. The van der Waals surface area contributed by atoms with E-state index in [1.165, 1.54) is 0 Å². The number of rotatable bonds is 5. The number of aromatic nitrogens is 3. The molecule has 1 aliphatic heterocycles. The highest BCUT2D eigenvalue weighted by Gasteiger charge is 2.30. The van der Waals surface area contributed by atoms with E-state index in [0.717, 1.165) is 5.69 Å². The van der Waals surface area contributed by atoms with Crippen LogP contribution in [0.15, 0.2) is 24.3 Å². The third-order valence-corrected chi connectivity index (χ3v) is 4.42. The standard InChI is InChI=1S/C17H19ClN4O4/c1-2-14-16(19-20-22(14)12-5-3-4-11(18)8-12)17(25)21-6-7-26-13(10-21)9-15(23)24/h3-5,8,13H,2,6-7,9-10H2,1H3,(H,23,24)/t13-/m0/s1. The number of benzene rings is 1. The van der Waals surface area contributed by atoms with Crippen LogP contribution in [0.1, 0.15) is 29.5 Å². The van der Waals surface area contributed by atoms with Crippen LogP contribution in [0.4, 0.5) is 0 Å². The molecule has 0 spiro atoms. The molecule has 1 aliphatic rings. The zero-order valence-electron chi connectivity index (χ0n) is 14.3. The van der Waals surface area contributed by atoms with Crippen LogP contribution in [0.25, 0.3) is 5.69 Å². The number of nitrogens with zero attached hydrogens (tertiary/aromatic N) is 4. The fraction of sp³-hybridized carbons (Fsp3) is 0.412. The number of halogens is 1. The molecular formula is C17H19ClN4O4. The lowest BCUT2D eigenvalue weighted by atomic mass is 10.1. The van der Waals surface area contributed by atoms with Crippen molar-refractivity contribution in [1.29, 1.82) is 0 Å². The van der Waals surface area contributed by atoms with E-state index in [1.54, 1.807) is 27.8 Å². The zero-order chi connectivity index (χ0) is 18.7. The van der Waals surface area contributed by atoms with Crippen LogP contribution in [0.5, 0.6) is 0 Å². The SMILES string of the molecule is CCc1c(C(=O)N2CCO[C@@H](CC(=O)O)C2)nnn1-c1cccc(Cl)c1. The van der Waals surface area contributed by atoms with Gasteiger partial charge < -0.3 is 14.7 Å². The van der Waals surface area contributed by atoms with Crippen LogP contribution >= 0.6 is 11.6 Å². The topological polar surface area (TPSA) is 97.6 Å². The zero-order valence-corrected chi connectivity index (χ0v) is 15.0. The monoisotopic (exact) mass is 378 g/mol. The first-order valence-corrected chi connectivity index (χ1v) is 8.70. The number of morpholine rings is 1. The normalized spacial score (nSPS) is 17.3. The molecule has 1 saturated heterocycles. The Kier molecular flexibility index (Phi) is 5.53. The molecule has 1 amide bonds. The van der Waals surface area contributed by atoms with E-state index in [9.17, 15) is 9.59 Å². The molecule has 1 atom stereocenters. The highest BCUT2D eigenvalue weighted by molar-refractivity contribution is 6.30. The van der Waals surface area contributed by atoms with Crippen molar-refractivity contribution >= 4 is 23.5 Å². The summed E-state index contributed by atoms with van der Waals surface area (Å²) in [5.74, 6) is -1.22. The summed E-state index contributed by atoms with van der Waals surface area (Å²) in [5.41, 5.74) is 1.67. The molecule has 8 nitrogen and oxygen atoms in total. The van der Waals surface area contributed by atoms with Crippen LogP contribution in [0.3, 0.4) is 0 Å². The number of aliphatic carboxylic acids is 1. The van der Waals surface area contributed by atoms with Crippen molar-refractivity contribution in [3.05, 3.63) is 40.7 Å². The lowest BCUT2D eigenvalue weighted by Crippen LogP contribution is -2.46. The van der Waals surface area contributed by atoms with Crippen LogP contribution in [0, 0.1) is 0 Å². The Morgan fingerprint density at radius 3 is 2.92 bits per heavy atom. The summed E-state index contributed by atoms with van der Waals surface area (Å²) >= 11 is 6.04. The number of carbonyl (C=O) groups is 2. The van der Waals surface area contributed by atoms with E-state index < -0.39 is 12.1 Å².